The van der Waals surface area contributed by atoms with Gasteiger partial charge in [0, 0.05) is 32.4 Å². The molecular formula is C13H14FN5O3S. The molecule has 3 rings (SSSR count). The van der Waals surface area contributed by atoms with Gasteiger partial charge in [-0.05, 0) is 17.7 Å². The summed E-state index contributed by atoms with van der Waals surface area (Å²) in [6, 6.07) is 2.96. The van der Waals surface area contributed by atoms with Crippen LogP contribution in [0, 0.1) is 5.95 Å². The fraction of sp³-hybridized carbons (Fsp3) is 0.385. The van der Waals surface area contributed by atoms with Gasteiger partial charge in [0.25, 0.3) is 5.88 Å². The lowest BCUT2D eigenvalue weighted by atomic mass is 10.3. The zero-order valence-corrected chi connectivity index (χ0v) is 12.9. The minimum absolute atomic E-state index is 0.160. The van der Waals surface area contributed by atoms with Gasteiger partial charge >= 0.3 is 6.09 Å². The fourth-order valence-electron chi connectivity index (χ4n) is 2.25. The second kappa shape index (κ2) is 6.73. The number of carboxylic acid groups (broad SMARTS) is 1. The fourth-order valence-corrected chi connectivity index (χ4v) is 2.77. The maximum atomic E-state index is 13.1. The van der Waals surface area contributed by atoms with Crippen molar-refractivity contribution in [3.05, 3.63) is 29.8 Å². The third kappa shape index (κ3) is 3.65. The molecule has 1 fully saturated rings. The third-order valence-corrected chi connectivity index (χ3v) is 3.96. The molecule has 1 N–H and O–H groups in total. The van der Waals surface area contributed by atoms with Gasteiger partial charge < -0.3 is 19.6 Å². The summed E-state index contributed by atoms with van der Waals surface area (Å²) >= 11 is 1.02. The van der Waals surface area contributed by atoms with Crippen LogP contribution in [-0.2, 0) is 6.61 Å². The van der Waals surface area contributed by atoms with Crippen molar-refractivity contribution >= 4 is 23.6 Å². The topological polar surface area (TPSA) is 91.7 Å². The highest BCUT2D eigenvalue weighted by Gasteiger charge is 2.25. The van der Waals surface area contributed by atoms with E-state index in [1.165, 1.54) is 17.2 Å². The summed E-state index contributed by atoms with van der Waals surface area (Å²) in [6.07, 6.45) is 0.455. The van der Waals surface area contributed by atoms with Gasteiger partial charge in [-0.15, -0.1) is 4.37 Å². The maximum absolute atomic E-state index is 13.1. The Morgan fingerprint density at radius 1 is 1.35 bits per heavy atom. The molecule has 0 saturated carbocycles. The number of pyridine rings is 1. The van der Waals surface area contributed by atoms with Gasteiger partial charge in [-0.25, -0.2) is 9.78 Å². The van der Waals surface area contributed by atoms with E-state index >= 15 is 0 Å². The molecule has 0 aromatic carbocycles. The van der Waals surface area contributed by atoms with Crippen LogP contribution in [0.5, 0.6) is 5.88 Å². The molecule has 1 amide bonds. The van der Waals surface area contributed by atoms with Crippen LogP contribution in [0.1, 0.15) is 5.56 Å². The standard InChI is InChI=1S/C13H14FN5O3S/c14-10-7-9(1-2-15-10)8-22-12-11(16-23-17-12)18-3-5-19(6-4-18)13(20)21/h1-2,7H,3-6,8H2,(H,20,21). The molecule has 0 atom stereocenters. The molecule has 1 saturated heterocycles. The highest BCUT2D eigenvalue weighted by Crippen LogP contribution is 2.27. The molecular weight excluding hydrogens is 325 g/mol. The van der Waals surface area contributed by atoms with E-state index in [1.54, 1.807) is 6.07 Å². The smallest absolute Gasteiger partial charge is 0.407 e. The van der Waals surface area contributed by atoms with E-state index in [0.29, 0.717) is 43.4 Å². The van der Waals surface area contributed by atoms with Crippen molar-refractivity contribution in [2.75, 3.05) is 31.1 Å². The van der Waals surface area contributed by atoms with Crippen LogP contribution in [-0.4, -0.2) is 56.0 Å². The molecule has 1 aliphatic rings. The number of rotatable bonds is 4. The van der Waals surface area contributed by atoms with E-state index in [2.05, 4.69) is 13.7 Å². The molecule has 8 nitrogen and oxygen atoms in total. The average Bonchev–Trinajstić information content (AvgIpc) is 3.01. The van der Waals surface area contributed by atoms with Crippen molar-refractivity contribution in [1.82, 2.24) is 18.6 Å². The van der Waals surface area contributed by atoms with Crippen molar-refractivity contribution in [2.45, 2.75) is 6.61 Å². The Kier molecular flexibility index (Phi) is 4.51. The van der Waals surface area contributed by atoms with Gasteiger partial charge in [0.15, 0.2) is 0 Å². The predicted molar refractivity (Wildman–Crippen MR) is 80.2 cm³/mol. The van der Waals surface area contributed by atoms with Crippen LogP contribution in [0.4, 0.5) is 15.0 Å². The molecule has 0 spiro atoms. The summed E-state index contributed by atoms with van der Waals surface area (Å²) in [5.41, 5.74) is 0.646. The van der Waals surface area contributed by atoms with Gasteiger partial charge in [0.1, 0.15) is 6.61 Å². The largest absolute Gasteiger partial charge is 0.470 e. The van der Waals surface area contributed by atoms with E-state index in [-0.39, 0.29) is 6.61 Å². The van der Waals surface area contributed by atoms with Gasteiger partial charge in [-0.1, -0.05) is 0 Å². The second-order valence-corrected chi connectivity index (χ2v) is 5.45. The van der Waals surface area contributed by atoms with Crippen LogP contribution in [0.2, 0.25) is 0 Å². The Morgan fingerprint density at radius 3 is 2.83 bits per heavy atom. The number of nitrogens with zero attached hydrogens (tertiary/aromatic N) is 5. The highest BCUT2D eigenvalue weighted by molar-refractivity contribution is 6.99. The van der Waals surface area contributed by atoms with Crippen LogP contribution in [0.15, 0.2) is 18.3 Å². The number of hydrogen-bond donors (Lipinski definition) is 1. The lowest BCUT2D eigenvalue weighted by molar-refractivity contribution is 0.142. The zero-order valence-electron chi connectivity index (χ0n) is 12.1. The van der Waals surface area contributed by atoms with Crippen molar-refractivity contribution in [1.29, 1.82) is 0 Å². The van der Waals surface area contributed by atoms with Crippen LogP contribution in [0.3, 0.4) is 0 Å². The molecule has 23 heavy (non-hydrogen) atoms. The van der Waals surface area contributed by atoms with Gasteiger partial charge in [0.2, 0.25) is 11.8 Å². The van der Waals surface area contributed by atoms with E-state index in [1.807, 2.05) is 4.90 Å². The SMILES string of the molecule is O=C(O)N1CCN(c2nsnc2OCc2ccnc(F)c2)CC1. The molecule has 2 aromatic rings. The number of piperazine rings is 1. The van der Waals surface area contributed by atoms with E-state index in [0.717, 1.165) is 11.7 Å². The van der Waals surface area contributed by atoms with E-state index < -0.39 is 12.0 Å². The van der Waals surface area contributed by atoms with Crippen LogP contribution >= 0.6 is 11.7 Å². The molecule has 1 aliphatic heterocycles. The lowest BCUT2D eigenvalue weighted by Crippen LogP contribution is -2.48. The van der Waals surface area contributed by atoms with Crippen LogP contribution in [0.25, 0.3) is 0 Å². The number of aromatic nitrogens is 3. The summed E-state index contributed by atoms with van der Waals surface area (Å²) in [4.78, 5) is 17.7. The number of halogens is 1. The van der Waals surface area contributed by atoms with Crippen LogP contribution < -0.4 is 9.64 Å². The maximum Gasteiger partial charge on any atom is 0.407 e. The van der Waals surface area contributed by atoms with Crippen molar-refractivity contribution in [3.8, 4) is 5.88 Å². The normalized spacial score (nSPS) is 14.8. The van der Waals surface area contributed by atoms with Gasteiger partial charge in [0.05, 0.1) is 11.7 Å². The minimum Gasteiger partial charge on any atom is -0.470 e. The monoisotopic (exact) mass is 339 g/mol. The number of amides is 1. The lowest BCUT2D eigenvalue weighted by Gasteiger charge is -2.33. The quantitative estimate of drug-likeness (QED) is 0.843. The molecule has 0 radical (unpaired) electrons. The minimum atomic E-state index is -0.919. The summed E-state index contributed by atoms with van der Waals surface area (Å²) in [6.45, 7) is 2.02. The van der Waals surface area contributed by atoms with E-state index in [9.17, 15) is 9.18 Å². The van der Waals surface area contributed by atoms with Gasteiger partial charge in [-0.3, -0.25) is 0 Å². The first-order chi connectivity index (χ1) is 11.1. The number of ether oxygens (including phenoxy) is 1. The van der Waals surface area contributed by atoms with Gasteiger partial charge in [-0.2, -0.15) is 8.76 Å². The molecule has 0 bridgehead atoms. The van der Waals surface area contributed by atoms with Crippen molar-refractivity contribution < 1.29 is 19.0 Å². The molecule has 122 valence electrons. The van der Waals surface area contributed by atoms with Crippen molar-refractivity contribution in [3.63, 3.8) is 0 Å². The Morgan fingerprint density at radius 2 is 2.13 bits per heavy atom. The highest BCUT2D eigenvalue weighted by atomic mass is 32.1. The summed E-state index contributed by atoms with van der Waals surface area (Å²) < 4.78 is 27.0. The summed E-state index contributed by atoms with van der Waals surface area (Å²) in [5.74, 6) is 0.401. The zero-order chi connectivity index (χ0) is 16.2. The van der Waals surface area contributed by atoms with Crippen molar-refractivity contribution in [2.24, 2.45) is 0 Å². The third-order valence-electron chi connectivity index (χ3n) is 3.46. The number of anilines is 1. The number of hydrogen-bond acceptors (Lipinski definition) is 7. The Balaban J connectivity index is 1.62. The first-order valence-electron chi connectivity index (χ1n) is 6.92. The number of carbonyl (C=O) groups is 1. The molecule has 0 unspecified atom stereocenters. The molecule has 10 heteroatoms. The first kappa shape index (κ1) is 15.4. The summed E-state index contributed by atoms with van der Waals surface area (Å²) in [5, 5.41) is 8.96. The van der Waals surface area contributed by atoms with E-state index in [4.69, 9.17) is 9.84 Å². The molecule has 0 aliphatic carbocycles. The molecule has 2 aromatic heterocycles. The Labute approximate surface area is 135 Å². The predicted octanol–water partition coefficient (Wildman–Crippen LogP) is 1.45. The molecule has 3 heterocycles. The second-order valence-electron chi connectivity index (χ2n) is 4.93. The Bertz CT molecular complexity index is 690. The first-order valence-corrected chi connectivity index (χ1v) is 7.65. The average molecular weight is 339 g/mol. The Hall–Kier alpha value is -2.49. The summed E-state index contributed by atoms with van der Waals surface area (Å²) in [7, 11) is 0.